The highest BCUT2D eigenvalue weighted by Gasteiger charge is 2.42. The van der Waals surface area contributed by atoms with E-state index in [1.165, 1.54) is 25.7 Å². The van der Waals surface area contributed by atoms with Crippen LogP contribution in [0.1, 0.15) is 97.8 Å². The van der Waals surface area contributed by atoms with Crippen molar-refractivity contribution in [1.29, 1.82) is 0 Å². The molecule has 0 spiro atoms. The highest BCUT2D eigenvalue weighted by atomic mass is 16.5. The number of ketones is 1. The first-order valence-electron chi connectivity index (χ1n) is 12.1. The quantitative estimate of drug-likeness (QED) is 0.530. The van der Waals surface area contributed by atoms with Gasteiger partial charge < -0.3 is 9.47 Å². The van der Waals surface area contributed by atoms with E-state index in [4.69, 9.17) is 9.47 Å². The molecule has 166 valence electrons. The molecule has 0 N–H and O–H groups in total. The molecule has 0 aromatic carbocycles. The van der Waals surface area contributed by atoms with Crippen molar-refractivity contribution in [1.82, 2.24) is 0 Å². The van der Waals surface area contributed by atoms with Gasteiger partial charge in [0.15, 0.2) is 0 Å². The number of methoxy groups -OCH3 is 1. The second kappa shape index (κ2) is 9.94. The Morgan fingerprint density at radius 2 is 1.21 bits per heavy atom. The summed E-state index contributed by atoms with van der Waals surface area (Å²) in [6.45, 7) is 6.55. The van der Waals surface area contributed by atoms with Crippen molar-refractivity contribution < 1.29 is 19.1 Å². The van der Waals surface area contributed by atoms with E-state index in [1.807, 2.05) is 7.11 Å². The number of rotatable bonds is 6. The van der Waals surface area contributed by atoms with Gasteiger partial charge in [-0.3, -0.25) is 9.59 Å². The normalized spacial score (nSPS) is 36.4. The van der Waals surface area contributed by atoms with Crippen LogP contribution in [0.25, 0.3) is 0 Å². The fraction of sp³-hybridized carbons (Fsp3) is 0.920. The SMILES string of the molecule is COC1CCC(C(C)(C)C2CCC(OC(=O)C3CCCCC3C(C)=O)CC2)CC1. The molecular formula is C25H42O4. The molecule has 0 bridgehead atoms. The molecule has 2 atom stereocenters. The highest BCUT2D eigenvalue weighted by Crippen LogP contribution is 2.49. The van der Waals surface area contributed by atoms with Crippen molar-refractivity contribution in [3.63, 3.8) is 0 Å². The van der Waals surface area contributed by atoms with Crippen molar-refractivity contribution in [2.75, 3.05) is 7.11 Å². The maximum atomic E-state index is 12.8. The monoisotopic (exact) mass is 406 g/mol. The number of ether oxygens (including phenoxy) is 2. The summed E-state index contributed by atoms with van der Waals surface area (Å²) in [7, 11) is 1.84. The lowest BCUT2D eigenvalue weighted by Crippen LogP contribution is -2.40. The zero-order valence-corrected chi connectivity index (χ0v) is 19.1. The third-order valence-electron chi connectivity index (χ3n) is 8.66. The predicted molar refractivity (Wildman–Crippen MR) is 115 cm³/mol. The summed E-state index contributed by atoms with van der Waals surface area (Å²) in [5.74, 6) is 1.21. The van der Waals surface area contributed by atoms with Gasteiger partial charge in [0.05, 0.1) is 12.0 Å². The van der Waals surface area contributed by atoms with Gasteiger partial charge in [-0.1, -0.05) is 26.7 Å². The van der Waals surface area contributed by atoms with Gasteiger partial charge in [-0.25, -0.2) is 0 Å². The molecule has 29 heavy (non-hydrogen) atoms. The minimum Gasteiger partial charge on any atom is -0.462 e. The zero-order valence-electron chi connectivity index (χ0n) is 19.1. The van der Waals surface area contributed by atoms with Gasteiger partial charge in [-0.15, -0.1) is 0 Å². The van der Waals surface area contributed by atoms with E-state index in [0.717, 1.165) is 57.3 Å². The van der Waals surface area contributed by atoms with Crippen molar-refractivity contribution >= 4 is 11.8 Å². The van der Waals surface area contributed by atoms with Gasteiger partial charge in [0.1, 0.15) is 11.9 Å². The first-order chi connectivity index (χ1) is 13.8. The van der Waals surface area contributed by atoms with Crippen LogP contribution in [0.5, 0.6) is 0 Å². The van der Waals surface area contributed by atoms with E-state index in [9.17, 15) is 9.59 Å². The van der Waals surface area contributed by atoms with E-state index in [0.29, 0.717) is 17.4 Å². The highest BCUT2D eigenvalue weighted by molar-refractivity contribution is 5.85. The molecule has 3 aliphatic rings. The fourth-order valence-electron chi connectivity index (χ4n) is 6.45. The summed E-state index contributed by atoms with van der Waals surface area (Å²) in [6.07, 6.45) is 13.4. The van der Waals surface area contributed by atoms with Crippen LogP contribution in [0.3, 0.4) is 0 Å². The zero-order chi connectivity index (χ0) is 21.0. The molecule has 0 aromatic rings. The molecule has 0 saturated heterocycles. The van der Waals surface area contributed by atoms with E-state index in [2.05, 4.69) is 13.8 Å². The van der Waals surface area contributed by atoms with Crippen molar-refractivity contribution in [3.05, 3.63) is 0 Å². The number of carbonyl (C=O) groups excluding carboxylic acids is 2. The third kappa shape index (κ3) is 5.42. The number of hydrogen-bond donors (Lipinski definition) is 0. The van der Waals surface area contributed by atoms with Crippen LogP contribution in [0, 0.1) is 29.1 Å². The average Bonchev–Trinajstić information content (AvgIpc) is 2.74. The summed E-state index contributed by atoms with van der Waals surface area (Å²) in [4.78, 5) is 24.7. The summed E-state index contributed by atoms with van der Waals surface area (Å²) in [5.41, 5.74) is 0.344. The standard InChI is InChI=1S/C25H42O4/c1-17(26)22-7-5-6-8-23(22)24(27)29-21-15-11-19(12-16-21)25(2,3)18-9-13-20(28-4)14-10-18/h18-23H,5-16H2,1-4H3. The molecule has 0 aromatic heterocycles. The second-order valence-corrected chi connectivity index (χ2v) is 10.5. The molecule has 3 fully saturated rings. The lowest BCUT2D eigenvalue weighted by atomic mass is 9.60. The molecule has 3 aliphatic carbocycles. The topological polar surface area (TPSA) is 52.6 Å². The molecular weight excluding hydrogens is 364 g/mol. The van der Waals surface area contributed by atoms with Crippen LogP contribution >= 0.6 is 0 Å². The third-order valence-corrected chi connectivity index (χ3v) is 8.66. The maximum Gasteiger partial charge on any atom is 0.309 e. The van der Waals surface area contributed by atoms with Crippen LogP contribution in [0.15, 0.2) is 0 Å². The Kier molecular flexibility index (Phi) is 7.81. The molecule has 3 saturated carbocycles. The van der Waals surface area contributed by atoms with E-state index in [1.54, 1.807) is 6.92 Å². The summed E-state index contributed by atoms with van der Waals surface area (Å²) < 4.78 is 11.5. The van der Waals surface area contributed by atoms with Crippen LogP contribution in [0.2, 0.25) is 0 Å². The van der Waals surface area contributed by atoms with Crippen molar-refractivity contribution in [2.45, 2.75) is 110 Å². The van der Waals surface area contributed by atoms with Crippen molar-refractivity contribution in [2.24, 2.45) is 29.1 Å². The Morgan fingerprint density at radius 1 is 0.724 bits per heavy atom. The molecule has 0 aliphatic heterocycles. The molecule has 0 radical (unpaired) electrons. The number of esters is 1. The number of Topliss-reactive ketones (excluding diaryl/α,β-unsaturated/α-hetero) is 1. The van der Waals surface area contributed by atoms with Gasteiger partial charge in [0.2, 0.25) is 0 Å². The second-order valence-electron chi connectivity index (χ2n) is 10.5. The van der Waals surface area contributed by atoms with Gasteiger partial charge in [0.25, 0.3) is 0 Å². The van der Waals surface area contributed by atoms with Crippen LogP contribution in [-0.4, -0.2) is 31.1 Å². The Balaban J connectivity index is 1.48. The lowest BCUT2D eigenvalue weighted by molar-refractivity contribution is -0.161. The first kappa shape index (κ1) is 22.8. The smallest absolute Gasteiger partial charge is 0.309 e. The Labute approximate surface area is 177 Å². The lowest BCUT2D eigenvalue weighted by Gasteiger charge is -2.46. The minimum absolute atomic E-state index is 0.0494. The molecule has 3 rings (SSSR count). The summed E-state index contributed by atoms with van der Waals surface area (Å²) in [6, 6.07) is 0. The summed E-state index contributed by atoms with van der Waals surface area (Å²) in [5, 5.41) is 0. The average molecular weight is 407 g/mol. The van der Waals surface area contributed by atoms with E-state index < -0.39 is 0 Å². The fourth-order valence-corrected chi connectivity index (χ4v) is 6.45. The van der Waals surface area contributed by atoms with E-state index in [-0.39, 0.29) is 29.7 Å². The summed E-state index contributed by atoms with van der Waals surface area (Å²) >= 11 is 0. The molecule has 0 amide bonds. The Hall–Kier alpha value is -0.900. The molecule has 2 unspecified atom stereocenters. The number of hydrogen-bond acceptors (Lipinski definition) is 4. The minimum atomic E-state index is -0.202. The maximum absolute atomic E-state index is 12.8. The molecule has 0 heterocycles. The van der Waals surface area contributed by atoms with Crippen LogP contribution in [0.4, 0.5) is 0 Å². The van der Waals surface area contributed by atoms with Gasteiger partial charge >= 0.3 is 5.97 Å². The largest absolute Gasteiger partial charge is 0.462 e. The van der Waals surface area contributed by atoms with Crippen LogP contribution in [-0.2, 0) is 19.1 Å². The van der Waals surface area contributed by atoms with Gasteiger partial charge in [-0.05, 0) is 88.4 Å². The van der Waals surface area contributed by atoms with Gasteiger partial charge in [-0.2, -0.15) is 0 Å². The Morgan fingerprint density at radius 3 is 1.69 bits per heavy atom. The van der Waals surface area contributed by atoms with Crippen molar-refractivity contribution in [3.8, 4) is 0 Å². The molecule has 4 heteroatoms. The van der Waals surface area contributed by atoms with Crippen LogP contribution < -0.4 is 0 Å². The number of carbonyl (C=O) groups is 2. The first-order valence-corrected chi connectivity index (χ1v) is 12.1. The Bertz CT molecular complexity index is 553. The van der Waals surface area contributed by atoms with E-state index >= 15 is 0 Å². The van der Waals surface area contributed by atoms with Gasteiger partial charge in [0, 0.05) is 13.0 Å². The predicted octanol–water partition coefficient (Wildman–Crippen LogP) is 5.72. The molecule has 4 nitrogen and oxygen atoms in total.